The summed E-state index contributed by atoms with van der Waals surface area (Å²) < 4.78 is 17.6. The van der Waals surface area contributed by atoms with Crippen molar-refractivity contribution in [1.82, 2.24) is 29.5 Å². The van der Waals surface area contributed by atoms with Gasteiger partial charge in [-0.25, -0.2) is 13.4 Å². The highest BCUT2D eigenvalue weighted by molar-refractivity contribution is 6.00. The quantitative estimate of drug-likeness (QED) is 0.313. The normalized spacial score (nSPS) is 12.4. The molecule has 0 radical (unpaired) electrons. The number of carbonyl (C=O) groups excluding carboxylic acids is 1. The number of aromatic nitrogens is 5. The Hall–Kier alpha value is -4.82. The summed E-state index contributed by atoms with van der Waals surface area (Å²) >= 11 is 0. The lowest BCUT2D eigenvalue weighted by molar-refractivity contribution is -0.00177. The Morgan fingerprint density at radius 3 is 2.78 bits per heavy atom. The molecule has 0 aliphatic heterocycles. The minimum atomic E-state index is -1.65. The molecule has 0 bridgehead atoms. The van der Waals surface area contributed by atoms with Gasteiger partial charge in [0.1, 0.15) is 12.2 Å². The van der Waals surface area contributed by atoms with E-state index in [2.05, 4.69) is 31.9 Å². The van der Waals surface area contributed by atoms with Crippen LogP contribution in [-0.2, 0) is 0 Å². The first-order chi connectivity index (χ1) is 17.7. The first-order valence-electron chi connectivity index (χ1n) is 11.5. The van der Waals surface area contributed by atoms with Crippen molar-refractivity contribution in [2.75, 3.05) is 11.9 Å². The monoisotopic (exact) mass is 498 g/mol. The molecule has 0 spiro atoms. The number of fused-ring (bicyclic) bond motifs is 2. The maximum absolute atomic E-state index is 14.3. The molecular formula is C26H23FN8O2. The minimum Gasteiger partial charge on any atom is -0.387 e. The smallest absolute Gasteiger partial charge is 0.255 e. The van der Waals surface area contributed by atoms with Gasteiger partial charge in [-0.05, 0) is 56.3 Å². The van der Waals surface area contributed by atoms with Crippen molar-refractivity contribution in [3.63, 3.8) is 0 Å². The fraction of sp³-hybridized carbons (Fsp3) is 0.192. The van der Waals surface area contributed by atoms with Crippen molar-refractivity contribution < 1.29 is 14.3 Å². The third-order valence-corrected chi connectivity index (χ3v) is 5.93. The third-order valence-electron chi connectivity index (χ3n) is 5.93. The molecule has 186 valence electrons. The van der Waals surface area contributed by atoms with E-state index < -0.39 is 17.7 Å². The van der Waals surface area contributed by atoms with Crippen LogP contribution in [0.2, 0.25) is 0 Å². The summed E-state index contributed by atoms with van der Waals surface area (Å²) in [6, 6.07) is 14.7. The Balaban J connectivity index is 1.52. The molecule has 10 nitrogen and oxygen atoms in total. The van der Waals surface area contributed by atoms with Crippen LogP contribution in [0.4, 0.5) is 15.8 Å². The lowest BCUT2D eigenvalue weighted by Gasteiger charge is -2.22. The molecule has 5 aromatic heterocycles. The molecule has 5 heterocycles. The SMILES string of the molecule is CC(C)(O)C(F)CNC(=O)c1cnc(-c2ccc3cc(C#N)cnn23)cc1Nc1ccn2nccc2c1. The van der Waals surface area contributed by atoms with Gasteiger partial charge >= 0.3 is 0 Å². The first kappa shape index (κ1) is 23.9. The number of alkyl halides is 1. The van der Waals surface area contributed by atoms with E-state index in [1.54, 1.807) is 33.6 Å². The van der Waals surface area contributed by atoms with Crippen LogP contribution in [-0.4, -0.2) is 53.5 Å². The molecule has 0 saturated heterocycles. The average molecular weight is 499 g/mol. The highest BCUT2D eigenvalue weighted by Crippen LogP contribution is 2.28. The van der Waals surface area contributed by atoms with Gasteiger partial charge in [0.05, 0.1) is 57.6 Å². The number of nitriles is 1. The topological polar surface area (TPSA) is 133 Å². The second-order valence-corrected chi connectivity index (χ2v) is 9.10. The number of rotatable bonds is 7. The molecule has 37 heavy (non-hydrogen) atoms. The van der Waals surface area contributed by atoms with E-state index in [0.717, 1.165) is 11.0 Å². The van der Waals surface area contributed by atoms with Gasteiger partial charge in [0.2, 0.25) is 0 Å². The molecule has 0 saturated carbocycles. The number of halogens is 1. The second-order valence-electron chi connectivity index (χ2n) is 9.10. The van der Waals surface area contributed by atoms with Crippen LogP contribution in [0.25, 0.3) is 22.4 Å². The summed E-state index contributed by atoms with van der Waals surface area (Å²) in [7, 11) is 0. The Kier molecular flexibility index (Phi) is 6.02. The van der Waals surface area contributed by atoms with E-state index in [1.165, 1.54) is 26.2 Å². The van der Waals surface area contributed by atoms with Crippen LogP contribution in [0.15, 0.2) is 67.3 Å². The highest BCUT2D eigenvalue weighted by Gasteiger charge is 2.27. The Morgan fingerprint density at radius 2 is 2.00 bits per heavy atom. The van der Waals surface area contributed by atoms with E-state index in [4.69, 9.17) is 5.26 Å². The van der Waals surface area contributed by atoms with Crippen LogP contribution in [0, 0.1) is 11.3 Å². The molecule has 1 atom stereocenters. The minimum absolute atomic E-state index is 0.195. The zero-order valence-corrected chi connectivity index (χ0v) is 20.1. The Bertz CT molecular complexity index is 1660. The van der Waals surface area contributed by atoms with Crippen molar-refractivity contribution in [3.05, 3.63) is 78.4 Å². The van der Waals surface area contributed by atoms with Crippen molar-refractivity contribution in [2.24, 2.45) is 0 Å². The zero-order valence-electron chi connectivity index (χ0n) is 20.1. The summed E-state index contributed by atoms with van der Waals surface area (Å²) in [5.41, 5.74) is 2.95. The third kappa shape index (κ3) is 4.82. The van der Waals surface area contributed by atoms with E-state index in [0.29, 0.717) is 28.3 Å². The molecule has 5 rings (SSSR count). The van der Waals surface area contributed by atoms with Gasteiger partial charge in [0.15, 0.2) is 0 Å². The number of nitrogens with zero attached hydrogens (tertiary/aromatic N) is 6. The molecule has 3 N–H and O–H groups in total. The van der Waals surface area contributed by atoms with Crippen molar-refractivity contribution in [2.45, 2.75) is 25.6 Å². The van der Waals surface area contributed by atoms with Gasteiger partial charge in [-0.3, -0.25) is 9.78 Å². The van der Waals surface area contributed by atoms with E-state index >= 15 is 0 Å². The maximum atomic E-state index is 14.3. The number of aliphatic hydroxyl groups is 1. The second kappa shape index (κ2) is 9.33. The molecule has 0 aliphatic rings. The predicted octanol–water partition coefficient (Wildman–Crippen LogP) is 3.50. The molecule has 11 heteroatoms. The Morgan fingerprint density at radius 1 is 1.16 bits per heavy atom. The van der Waals surface area contributed by atoms with Crippen molar-refractivity contribution in [3.8, 4) is 17.5 Å². The lowest BCUT2D eigenvalue weighted by atomic mass is 10.0. The van der Waals surface area contributed by atoms with Gasteiger partial charge in [-0.15, -0.1) is 0 Å². The van der Waals surface area contributed by atoms with Crippen LogP contribution in [0.5, 0.6) is 0 Å². The number of hydrogen-bond acceptors (Lipinski definition) is 7. The summed E-state index contributed by atoms with van der Waals surface area (Å²) in [5, 5.41) is 33.4. The van der Waals surface area contributed by atoms with Gasteiger partial charge < -0.3 is 15.7 Å². The maximum Gasteiger partial charge on any atom is 0.255 e. The van der Waals surface area contributed by atoms with E-state index in [1.807, 2.05) is 30.3 Å². The molecule has 0 aromatic carbocycles. The van der Waals surface area contributed by atoms with E-state index in [-0.39, 0.29) is 12.1 Å². The largest absolute Gasteiger partial charge is 0.387 e. The first-order valence-corrected chi connectivity index (χ1v) is 11.5. The number of amides is 1. The van der Waals surface area contributed by atoms with Gasteiger partial charge in [-0.1, -0.05) is 0 Å². The number of hydrogen-bond donors (Lipinski definition) is 3. The number of carbonyl (C=O) groups is 1. The molecule has 0 aliphatic carbocycles. The van der Waals surface area contributed by atoms with Crippen molar-refractivity contribution in [1.29, 1.82) is 5.26 Å². The van der Waals surface area contributed by atoms with Gasteiger partial charge in [0, 0.05) is 24.3 Å². The van der Waals surface area contributed by atoms with Crippen LogP contribution in [0.3, 0.4) is 0 Å². The summed E-state index contributed by atoms with van der Waals surface area (Å²) in [5.74, 6) is -0.546. The average Bonchev–Trinajstić information content (AvgIpc) is 3.52. The molecule has 1 amide bonds. The molecule has 1 unspecified atom stereocenters. The predicted molar refractivity (Wildman–Crippen MR) is 135 cm³/mol. The van der Waals surface area contributed by atoms with Crippen LogP contribution < -0.4 is 10.6 Å². The standard InChI is InChI=1S/C26H23FN8O2/c1-26(2,37)24(27)15-30-25(36)20-14-29-22(23-4-3-19-9-16(12-28)13-32-35(19)23)11-21(20)33-17-6-8-34-18(10-17)5-7-31-34/h3-11,13-14,24,37H,15H2,1-2H3,(H,29,33)(H,30,36). The molecule has 5 aromatic rings. The molecular weight excluding hydrogens is 475 g/mol. The highest BCUT2D eigenvalue weighted by atomic mass is 19.1. The van der Waals surface area contributed by atoms with Crippen LogP contribution >= 0.6 is 0 Å². The fourth-order valence-corrected chi connectivity index (χ4v) is 3.82. The summed E-state index contributed by atoms with van der Waals surface area (Å²) in [6.45, 7) is 2.32. The zero-order chi connectivity index (χ0) is 26.2. The van der Waals surface area contributed by atoms with E-state index in [9.17, 15) is 14.3 Å². The number of nitrogens with one attached hydrogen (secondary N) is 2. The molecule has 0 fully saturated rings. The van der Waals surface area contributed by atoms with Gasteiger partial charge in [-0.2, -0.15) is 15.5 Å². The number of pyridine rings is 2. The van der Waals surface area contributed by atoms with Crippen molar-refractivity contribution >= 4 is 28.3 Å². The Labute approximate surface area is 211 Å². The lowest BCUT2D eigenvalue weighted by Crippen LogP contribution is -2.42. The fourth-order valence-electron chi connectivity index (χ4n) is 3.82. The van der Waals surface area contributed by atoms with Crippen LogP contribution in [0.1, 0.15) is 29.8 Å². The van der Waals surface area contributed by atoms with Gasteiger partial charge in [0.25, 0.3) is 5.91 Å². The number of anilines is 2. The summed E-state index contributed by atoms with van der Waals surface area (Å²) in [6.07, 6.45) is 4.69. The summed E-state index contributed by atoms with van der Waals surface area (Å²) in [4.78, 5) is 17.5.